The van der Waals surface area contributed by atoms with Crippen molar-refractivity contribution in [3.8, 4) is 0 Å². The highest BCUT2D eigenvalue weighted by atomic mass is 32.1. The zero-order valence-corrected chi connectivity index (χ0v) is 24.8. The van der Waals surface area contributed by atoms with Crippen LogP contribution in [0.2, 0.25) is 0 Å². The smallest absolute Gasteiger partial charge is 0.408 e. The number of anilines is 1. The van der Waals surface area contributed by atoms with Crippen LogP contribution in [-0.2, 0) is 14.3 Å². The van der Waals surface area contributed by atoms with Crippen molar-refractivity contribution in [1.29, 1.82) is 0 Å². The molecule has 3 aromatic rings. The van der Waals surface area contributed by atoms with Crippen molar-refractivity contribution in [2.45, 2.75) is 77.6 Å². The lowest BCUT2D eigenvalue weighted by atomic mass is 9.87. The molecule has 1 aliphatic rings. The SMILES string of the molecule is Cc1ccc(C)c(C(C(=O)Nc2ccc3ccccc3c2)N(C(=O)C(CS)NC(=O)OC(C)(C)C)C2CCC2)c1. The number of amides is 3. The Hall–Kier alpha value is -3.52. The second-order valence-electron chi connectivity index (χ2n) is 11.5. The van der Waals surface area contributed by atoms with E-state index in [4.69, 9.17) is 4.74 Å². The predicted octanol–water partition coefficient (Wildman–Crippen LogP) is 6.34. The van der Waals surface area contributed by atoms with Gasteiger partial charge >= 0.3 is 6.09 Å². The Kier molecular flexibility index (Phi) is 9.08. The summed E-state index contributed by atoms with van der Waals surface area (Å²) in [4.78, 5) is 42.6. The molecule has 0 heterocycles. The van der Waals surface area contributed by atoms with Gasteiger partial charge < -0.3 is 20.3 Å². The highest BCUT2D eigenvalue weighted by Crippen LogP contribution is 2.36. The zero-order valence-electron chi connectivity index (χ0n) is 23.9. The number of nitrogens with one attached hydrogen (secondary N) is 2. The van der Waals surface area contributed by atoms with Crippen LogP contribution in [0.3, 0.4) is 0 Å². The monoisotopic (exact) mass is 561 g/mol. The minimum atomic E-state index is -0.958. The van der Waals surface area contributed by atoms with Crippen LogP contribution in [0.5, 0.6) is 0 Å². The van der Waals surface area contributed by atoms with Crippen molar-refractivity contribution < 1.29 is 19.1 Å². The average molecular weight is 562 g/mol. The third kappa shape index (κ3) is 6.97. The highest BCUT2D eigenvalue weighted by Gasteiger charge is 2.42. The average Bonchev–Trinajstić information content (AvgIpc) is 2.86. The third-order valence-electron chi connectivity index (χ3n) is 7.17. The van der Waals surface area contributed by atoms with Gasteiger partial charge in [0.05, 0.1) is 0 Å². The number of ether oxygens (including phenoxy) is 1. The lowest BCUT2D eigenvalue weighted by molar-refractivity contribution is -0.145. The van der Waals surface area contributed by atoms with Gasteiger partial charge in [0.25, 0.3) is 5.91 Å². The van der Waals surface area contributed by atoms with Crippen molar-refractivity contribution in [3.05, 3.63) is 77.4 Å². The molecule has 2 N–H and O–H groups in total. The Labute approximate surface area is 242 Å². The highest BCUT2D eigenvalue weighted by molar-refractivity contribution is 7.80. The molecular weight excluding hydrogens is 522 g/mol. The molecule has 2 unspecified atom stereocenters. The number of thiol groups is 1. The van der Waals surface area contributed by atoms with Crippen LogP contribution < -0.4 is 10.6 Å². The number of benzene rings is 3. The topological polar surface area (TPSA) is 87.7 Å². The van der Waals surface area contributed by atoms with Gasteiger partial charge in [-0.15, -0.1) is 0 Å². The summed E-state index contributed by atoms with van der Waals surface area (Å²) >= 11 is 4.39. The van der Waals surface area contributed by atoms with Crippen LogP contribution in [0.1, 0.15) is 62.8 Å². The fourth-order valence-electron chi connectivity index (χ4n) is 4.95. The van der Waals surface area contributed by atoms with Gasteiger partial charge in [0.2, 0.25) is 5.91 Å². The molecule has 1 aliphatic carbocycles. The maximum atomic E-state index is 14.2. The van der Waals surface area contributed by atoms with Gasteiger partial charge in [-0.05, 0) is 87.9 Å². The molecule has 1 saturated carbocycles. The molecule has 0 aliphatic heterocycles. The number of hydrogen-bond acceptors (Lipinski definition) is 5. The Morgan fingerprint density at radius 3 is 2.33 bits per heavy atom. The molecule has 8 heteroatoms. The van der Waals surface area contributed by atoms with E-state index in [2.05, 4.69) is 23.3 Å². The molecule has 0 saturated heterocycles. The summed E-state index contributed by atoms with van der Waals surface area (Å²) in [6.45, 7) is 9.20. The first-order valence-electron chi connectivity index (χ1n) is 13.8. The molecule has 3 aromatic carbocycles. The van der Waals surface area contributed by atoms with E-state index in [9.17, 15) is 14.4 Å². The van der Waals surface area contributed by atoms with Crippen LogP contribution in [0.25, 0.3) is 10.8 Å². The quantitative estimate of drug-likeness (QED) is 0.280. The van der Waals surface area contributed by atoms with Crippen LogP contribution in [0.4, 0.5) is 10.5 Å². The molecule has 0 radical (unpaired) electrons. The summed E-state index contributed by atoms with van der Waals surface area (Å²) in [6.07, 6.45) is 1.83. The fourth-order valence-corrected chi connectivity index (χ4v) is 5.20. The fraction of sp³-hybridized carbons (Fsp3) is 0.406. The van der Waals surface area contributed by atoms with Crippen LogP contribution in [0.15, 0.2) is 60.7 Å². The van der Waals surface area contributed by atoms with E-state index in [1.807, 2.05) is 74.5 Å². The number of alkyl carbamates (subject to hydrolysis) is 1. The van der Waals surface area contributed by atoms with Gasteiger partial charge in [-0.2, -0.15) is 12.6 Å². The minimum Gasteiger partial charge on any atom is -0.444 e. The second-order valence-corrected chi connectivity index (χ2v) is 11.9. The van der Waals surface area contributed by atoms with Gasteiger partial charge in [-0.1, -0.05) is 54.1 Å². The number of fused-ring (bicyclic) bond motifs is 1. The molecule has 0 spiro atoms. The maximum Gasteiger partial charge on any atom is 0.408 e. The number of hydrogen-bond donors (Lipinski definition) is 3. The standard InChI is InChI=1S/C32H39N3O4S/c1-20-13-14-21(2)26(17-20)28(29(36)33-24-16-15-22-9-6-7-10-23(22)18-24)35(25-11-8-12-25)30(37)27(19-40)34-31(38)39-32(3,4)5/h6-7,9-10,13-18,25,27-28,40H,8,11-12,19H2,1-5H3,(H,33,36)(H,34,38). The van der Waals surface area contributed by atoms with Gasteiger partial charge in [0, 0.05) is 17.5 Å². The molecule has 0 bridgehead atoms. The van der Waals surface area contributed by atoms with Crippen LogP contribution >= 0.6 is 12.6 Å². The third-order valence-corrected chi connectivity index (χ3v) is 7.53. The maximum absolute atomic E-state index is 14.2. The van der Waals surface area contributed by atoms with Gasteiger partial charge in [-0.3, -0.25) is 9.59 Å². The largest absolute Gasteiger partial charge is 0.444 e. The minimum absolute atomic E-state index is 0.0626. The summed E-state index contributed by atoms with van der Waals surface area (Å²) in [7, 11) is 0. The van der Waals surface area contributed by atoms with E-state index in [0.29, 0.717) is 5.69 Å². The first kappa shape index (κ1) is 29.5. The van der Waals surface area contributed by atoms with E-state index >= 15 is 0 Å². The summed E-state index contributed by atoms with van der Waals surface area (Å²) < 4.78 is 5.41. The van der Waals surface area contributed by atoms with E-state index in [1.54, 1.807) is 25.7 Å². The predicted molar refractivity (Wildman–Crippen MR) is 163 cm³/mol. The lowest BCUT2D eigenvalue weighted by Crippen LogP contribution is -2.57. The first-order chi connectivity index (χ1) is 19.0. The summed E-state index contributed by atoms with van der Waals surface area (Å²) in [5.74, 6) is -0.600. The number of carbonyl (C=O) groups is 3. The van der Waals surface area contributed by atoms with Crippen molar-refractivity contribution in [2.24, 2.45) is 0 Å². The molecule has 7 nitrogen and oxygen atoms in total. The molecular formula is C32H39N3O4S. The Morgan fingerprint density at radius 1 is 1.00 bits per heavy atom. The zero-order chi connectivity index (χ0) is 29.0. The molecule has 0 aromatic heterocycles. The second kappa shape index (κ2) is 12.3. The van der Waals surface area contributed by atoms with Crippen molar-refractivity contribution >= 4 is 47.0 Å². The molecule has 1 fully saturated rings. The van der Waals surface area contributed by atoms with Crippen LogP contribution in [-0.4, -0.2) is 46.2 Å². The van der Waals surface area contributed by atoms with Crippen LogP contribution in [0, 0.1) is 13.8 Å². The first-order valence-corrected chi connectivity index (χ1v) is 14.4. The number of nitrogens with zero attached hydrogens (tertiary/aromatic N) is 1. The summed E-state index contributed by atoms with van der Waals surface area (Å²) in [6, 6.07) is 17.7. The normalized spacial score (nSPS) is 15.1. The van der Waals surface area contributed by atoms with E-state index in [0.717, 1.165) is 46.7 Å². The van der Waals surface area contributed by atoms with Gasteiger partial charge in [0.1, 0.15) is 17.7 Å². The Balaban J connectivity index is 1.72. The molecule has 40 heavy (non-hydrogen) atoms. The summed E-state index contributed by atoms with van der Waals surface area (Å²) in [5.41, 5.74) is 2.58. The Bertz CT molecular complexity index is 1400. The van der Waals surface area contributed by atoms with E-state index in [-0.39, 0.29) is 23.6 Å². The Morgan fingerprint density at radius 2 is 1.70 bits per heavy atom. The number of aryl methyl sites for hydroxylation is 2. The lowest BCUT2D eigenvalue weighted by Gasteiger charge is -2.43. The molecule has 212 valence electrons. The van der Waals surface area contributed by atoms with Crippen molar-refractivity contribution in [3.63, 3.8) is 0 Å². The van der Waals surface area contributed by atoms with Crippen molar-refractivity contribution in [1.82, 2.24) is 10.2 Å². The number of rotatable bonds is 8. The van der Waals surface area contributed by atoms with E-state index < -0.39 is 23.8 Å². The molecule has 2 atom stereocenters. The van der Waals surface area contributed by atoms with Crippen molar-refractivity contribution in [2.75, 3.05) is 11.1 Å². The molecule has 4 rings (SSSR count). The van der Waals surface area contributed by atoms with E-state index in [1.165, 1.54) is 0 Å². The number of carbonyl (C=O) groups excluding carboxylic acids is 3. The van der Waals surface area contributed by atoms with Gasteiger partial charge in [-0.25, -0.2) is 4.79 Å². The molecule has 3 amide bonds. The summed E-state index contributed by atoms with van der Waals surface area (Å²) in [5, 5.41) is 7.85. The van der Waals surface area contributed by atoms with Gasteiger partial charge in [0.15, 0.2) is 0 Å².